The SMILES string of the molecule is CC(=O)N1CCC(CC(=O)N2CCC(C3c4ccc(Cl)cc4CCc4cc(Br)c[n+](O)c43)CC2)CC1. The zero-order chi connectivity index (χ0) is 25.4. The van der Waals surface area contributed by atoms with E-state index in [0.29, 0.717) is 18.3 Å². The number of amides is 2. The Morgan fingerprint density at radius 3 is 2.39 bits per heavy atom. The first kappa shape index (κ1) is 25.5. The predicted octanol–water partition coefficient (Wildman–Crippen LogP) is 4.75. The standard InChI is InChI=1S/C28H34BrClN3O3/c1-18(34)31-10-6-19(7-11-31)14-26(35)32-12-8-20(9-13-32)27-25-5-4-24(30)16-21(25)2-3-22-15-23(29)17-33(36)28(22)27/h4-5,15-17,19-20,27,36H,2-3,6-14H2,1H3/q+1. The molecule has 5 rings (SSSR count). The Labute approximate surface area is 226 Å². The van der Waals surface area contributed by atoms with E-state index < -0.39 is 0 Å². The first-order chi connectivity index (χ1) is 17.3. The van der Waals surface area contributed by atoms with E-state index in [2.05, 4.69) is 34.1 Å². The average molecular weight is 576 g/mol. The molecule has 2 aliphatic heterocycles. The van der Waals surface area contributed by atoms with Gasteiger partial charge in [-0.05, 0) is 95.6 Å². The molecule has 3 heterocycles. The van der Waals surface area contributed by atoms with Crippen molar-refractivity contribution in [1.29, 1.82) is 0 Å². The fraction of sp³-hybridized carbons (Fsp3) is 0.536. The van der Waals surface area contributed by atoms with Crippen LogP contribution < -0.4 is 4.73 Å². The van der Waals surface area contributed by atoms with E-state index >= 15 is 0 Å². The number of fused-ring (bicyclic) bond motifs is 2. The molecule has 2 fully saturated rings. The zero-order valence-electron chi connectivity index (χ0n) is 20.8. The molecular formula is C28H34BrClN3O3+. The number of halogens is 2. The number of benzene rings is 1. The molecule has 36 heavy (non-hydrogen) atoms. The summed E-state index contributed by atoms with van der Waals surface area (Å²) in [5, 5.41) is 11.7. The fourth-order valence-electron chi connectivity index (χ4n) is 6.45. The summed E-state index contributed by atoms with van der Waals surface area (Å²) in [5.41, 5.74) is 4.60. The van der Waals surface area contributed by atoms with Crippen LogP contribution in [-0.4, -0.2) is 53.0 Å². The van der Waals surface area contributed by atoms with Gasteiger partial charge < -0.3 is 9.80 Å². The number of pyridine rings is 1. The molecule has 0 bridgehead atoms. The number of hydrogen-bond donors (Lipinski definition) is 1. The molecular weight excluding hydrogens is 542 g/mol. The smallest absolute Gasteiger partial charge is 0.245 e. The highest BCUT2D eigenvalue weighted by Crippen LogP contribution is 2.42. The van der Waals surface area contributed by atoms with Crippen LogP contribution in [0.3, 0.4) is 0 Å². The van der Waals surface area contributed by atoms with Gasteiger partial charge in [0.05, 0.1) is 10.4 Å². The van der Waals surface area contributed by atoms with E-state index in [-0.39, 0.29) is 17.7 Å². The van der Waals surface area contributed by atoms with Crippen molar-refractivity contribution in [2.45, 2.75) is 57.8 Å². The highest BCUT2D eigenvalue weighted by Gasteiger charge is 2.40. The number of piperidine rings is 2. The second-order valence-corrected chi connectivity index (χ2v) is 12.0. The lowest BCUT2D eigenvalue weighted by Gasteiger charge is -2.37. The molecule has 1 atom stereocenters. The van der Waals surface area contributed by atoms with Gasteiger partial charge in [-0.15, -0.1) is 0 Å². The van der Waals surface area contributed by atoms with Gasteiger partial charge in [0.2, 0.25) is 23.7 Å². The van der Waals surface area contributed by atoms with Gasteiger partial charge in [0.1, 0.15) is 0 Å². The highest BCUT2D eigenvalue weighted by molar-refractivity contribution is 9.10. The molecule has 0 saturated carbocycles. The third-order valence-corrected chi connectivity index (χ3v) is 9.09. The molecule has 3 aliphatic rings. The number of hydrogen-bond acceptors (Lipinski definition) is 3. The number of aryl methyl sites for hydroxylation is 2. The van der Waals surface area contributed by atoms with Gasteiger partial charge in [0, 0.05) is 54.8 Å². The molecule has 2 aromatic rings. The molecule has 8 heteroatoms. The molecule has 2 amide bonds. The number of nitrogens with zero attached hydrogens (tertiary/aromatic N) is 3. The minimum absolute atomic E-state index is 0.0565. The topological polar surface area (TPSA) is 64.7 Å². The third kappa shape index (κ3) is 5.28. The van der Waals surface area contributed by atoms with E-state index in [0.717, 1.165) is 85.5 Å². The maximum Gasteiger partial charge on any atom is 0.245 e. The zero-order valence-corrected chi connectivity index (χ0v) is 23.1. The van der Waals surface area contributed by atoms with E-state index in [1.165, 1.54) is 15.9 Å². The monoisotopic (exact) mass is 574 g/mol. The fourth-order valence-corrected chi connectivity index (χ4v) is 7.12. The normalized spacial score (nSPS) is 21.0. The van der Waals surface area contributed by atoms with Crippen molar-refractivity contribution in [2.24, 2.45) is 11.8 Å². The van der Waals surface area contributed by atoms with Gasteiger partial charge in [0.25, 0.3) is 0 Å². The van der Waals surface area contributed by atoms with Crippen molar-refractivity contribution in [3.63, 3.8) is 0 Å². The van der Waals surface area contributed by atoms with Crippen LogP contribution in [0.2, 0.25) is 5.02 Å². The van der Waals surface area contributed by atoms with Crippen LogP contribution in [0.15, 0.2) is 34.9 Å². The minimum atomic E-state index is 0.0565. The van der Waals surface area contributed by atoms with Gasteiger partial charge in [-0.25, -0.2) is 0 Å². The predicted molar refractivity (Wildman–Crippen MR) is 141 cm³/mol. The van der Waals surface area contributed by atoms with Gasteiger partial charge in [-0.3, -0.25) is 14.8 Å². The lowest BCUT2D eigenvalue weighted by molar-refractivity contribution is -0.911. The first-order valence-corrected chi connectivity index (χ1v) is 14.2. The van der Waals surface area contributed by atoms with Gasteiger partial charge >= 0.3 is 0 Å². The van der Waals surface area contributed by atoms with Crippen LogP contribution in [0.4, 0.5) is 0 Å². The van der Waals surface area contributed by atoms with Crippen LogP contribution >= 0.6 is 27.5 Å². The number of likely N-dealkylation sites (tertiary alicyclic amines) is 2. The molecule has 192 valence electrons. The summed E-state index contributed by atoms with van der Waals surface area (Å²) in [6.07, 6.45) is 7.65. The summed E-state index contributed by atoms with van der Waals surface area (Å²) in [6.45, 7) is 4.62. The van der Waals surface area contributed by atoms with Gasteiger partial charge in [-0.1, -0.05) is 17.7 Å². The number of rotatable bonds is 3. The molecule has 2 saturated heterocycles. The Morgan fingerprint density at radius 1 is 1.03 bits per heavy atom. The highest BCUT2D eigenvalue weighted by atomic mass is 79.9. The maximum absolute atomic E-state index is 13.1. The van der Waals surface area contributed by atoms with Crippen molar-refractivity contribution in [1.82, 2.24) is 9.80 Å². The molecule has 1 aromatic carbocycles. The lowest BCUT2D eigenvalue weighted by Crippen LogP contribution is -2.44. The Morgan fingerprint density at radius 2 is 1.69 bits per heavy atom. The minimum Gasteiger partial charge on any atom is -0.343 e. The van der Waals surface area contributed by atoms with E-state index in [9.17, 15) is 14.8 Å². The summed E-state index contributed by atoms with van der Waals surface area (Å²) >= 11 is 9.90. The maximum atomic E-state index is 13.1. The van der Waals surface area contributed by atoms with E-state index in [1.807, 2.05) is 15.9 Å². The van der Waals surface area contributed by atoms with Gasteiger partial charge in [0.15, 0.2) is 0 Å². The Balaban J connectivity index is 1.31. The van der Waals surface area contributed by atoms with Crippen molar-refractivity contribution in [3.8, 4) is 0 Å². The van der Waals surface area contributed by atoms with E-state index in [4.69, 9.17) is 11.6 Å². The van der Waals surface area contributed by atoms with Crippen LogP contribution in [0.5, 0.6) is 0 Å². The number of carbonyl (C=O) groups excluding carboxylic acids is 2. The van der Waals surface area contributed by atoms with Gasteiger partial charge in [-0.2, -0.15) is 0 Å². The third-order valence-electron chi connectivity index (χ3n) is 8.42. The Hall–Kier alpha value is -2.12. The lowest BCUT2D eigenvalue weighted by atomic mass is 9.76. The number of carbonyl (C=O) groups is 2. The molecule has 0 radical (unpaired) electrons. The van der Waals surface area contributed by atoms with Crippen LogP contribution in [0.1, 0.15) is 67.3 Å². The Bertz CT molecular complexity index is 1160. The molecule has 1 unspecified atom stereocenters. The summed E-state index contributed by atoms with van der Waals surface area (Å²) < 4.78 is 2.17. The molecule has 0 spiro atoms. The average Bonchev–Trinajstić information content (AvgIpc) is 3.01. The van der Waals surface area contributed by atoms with Crippen molar-refractivity contribution >= 4 is 39.3 Å². The quantitative estimate of drug-likeness (QED) is 0.425. The molecule has 1 aliphatic carbocycles. The second-order valence-electron chi connectivity index (χ2n) is 10.6. The first-order valence-electron chi connectivity index (χ1n) is 13.0. The summed E-state index contributed by atoms with van der Waals surface area (Å²) in [7, 11) is 0. The molecule has 1 N–H and O–H groups in total. The summed E-state index contributed by atoms with van der Waals surface area (Å²) in [6, 6.07) is 8.28. The van der Waals surface area contributed by atoms with E-state index in [1.54, 1.807) is 13.1 Å². The summed E-state index contributed by atoms with van der Waals surface area (Å²) in [5.74, 6) is 1.11. The van der Waals surface area contributed by atoms with Crippen molar-refractivity contribution < 1.29 is 19.5 Å². The van der Waals surface area contributed by atoms with Crippen LogP contribution in [0, 0.1) is 11.8 Å². The Kier molecular flexibility index (Phi) is 7.59. The largest absolute Gasteiger partial charge is 0.343 e. The van der Waals surface area contributed by atoms with Crippen molar-refractivity contribution in [2.75, 3.05) is 26.2 Å². The van der Waals surface area contributed by atoms with Crippen LogP contribution in [-0.2, 0) is 22.4 Å². The van der Waals surface area contributed by atoms with Crippen molar-refractivity contribution in [3.05, 3.63) is 62.3 Å². The molecule has 6 nitrogen and oxygen atoms in total. The second kappa shape index (κ2) is 10.7. The summed E-state index contributed by atoms with van der Waals surface area (Å²) in [4.78, 5) is 28.6. The number of aromatic nitrogens is 1. The molecule has 1 aromatic heterocycles. The van der Waals surface area contributed by atoms with Crippen LogP contribution in [0.25, 0.3) is 0 Å².